The lowest BCUT2D eigenvalue weighted by Gasteiger charge is -2.08. The molecule has 0 aliphatic carbocycles. The second-order valence-electron chi connectivity index (χ2n) is 4.62. The first-order valence-electron chi connectivity index (χ1n) is 6.91. The van der Waals surface area contributed by atoms with Crippen LogP contribution in [0.25, 0.3) is 0 Å². The van der Waals surface area contributed by atoms with Gasteiger partial charge in [-0.3, -0.25) is 4.79 Å². The molecular formula is C14H27IO2. The number of halogens is 1. The SMILES string of the molecule is CCCCCCCCCC(I)CCC(=O)OC. The Morgan fingerprint density at radius 3 is 2.24 bits per heavy atom. The van der Waals surface area contributed by atoms with Gasteiger partial charge in [-0.2, -0.15) is 0 Å². The molecule has 0 bridgehead atoms. The first-order valence-corrected chi connectivity index (χ1v) is 8.16. The predicted octanol–water partition coefficient (Wildman–Crippen LogP) is 4.88. The molecule has 0 aromatic heterocycles. The molecule has 0 aromatic carbocycles. The molecule has 0 aromatic rings. The Balaban J connectivity index is 3.21. The zero-order chi connectivity index (χ0) is 12.9. The van der Waals surface area contributed by atoms with E-state index in [2.05, 4.69) is 34.3 Å². The van der Waals surface area contributed by atoms with Crippen LogP contribution in [0.2, 0.25) is 0 Å². The number of methoxy groups -OCH3 is 1. The molecule has 2 nitrogen and oxygen atoms in total. The Bertz CT molecular complexity index is 183. The molecule has 1 unspecified atom stereocenters. The van der Waals surface area contributed by atoms with E-state index in [1.807, 2.05) is 0 Å². The van der Waals surface area contributed by atoms with E-state index in [0.717, 1.165) is 6.42 Å². The maximum atomic E-state index is 11.0. The van der Waals surface area contributed by atoms with Crippen LogP contribution in [0.1, 0.15) is 71.1 Å². The van der Waals surface area contributed by atoms with Gasteiger partial charge in [-0.1, -0.05) is 74.5 Å². The van der Waals surface area contributed by atoms with Crippen molar-refractivity contribution in [1.29, 1.82) is 0 Å². The van der Waals surface area contributed by atoms with Gasteiger partial charge in [-0.15, -0.1) is 0 Å². The van der Waals surface area contributed by atoms with Gasteiger partial charge in [0.2, 0.25) is 0 Å². The van der Waals surface area contributed by atoms with Crippen LogP contribution in [-0.2, 0) is 9.53 Å². The van der Waals surface area contributed by atoms with Gasteiger partial charge < -0.3 is 4.74 Å². The largest absolute Gasteiger partial charge is 0.469 e. The zero-order valence-electron chi connectivity index (χ0n) is 11.3. The highest BCUT2D eigenvalue weighted by Crippen LogP contribution is 2.18. The summed E-state index contributed by atoms with van der Waals surface area (Å²) in [5.41, 5.74) is 0. The van der Waals surface area contributed by atoms with Gasteiger partial charge in [0.1, 0.15) is 0 Å². The fraction of sp³-hybridized carbons (Fsp3) is 0.929. The molecule has 0 spiro atoms. The van der Waals surface area contributed by atoms with E-state index in [-0.39, 0.29) is 5.97 Å². The summed E-state index contributed by atoms with van der Waals surface area (Å²) in [6, 6.07) is 0. The zero-order valence-corrected chi connectivity index (χ0v) is 13.5. The number of carbonyl (C=O) groups excluding carboxylic acids is 1. The highest BCUT2D eigenvalue weighted by Gasteiger charge is 2.07. The minimum absolute atomic E-state index is 0.0776. The van der Waals surface area contributed by atoms with Crippen molar-refractivity contribution < 1.29 is 9.53 Å². The average molecular weight is 354 g/mol. The van der Waals surface area contributed by atoms with Gasteiger partial charge in [0.25, 0.3) is 0 Å². The fourth-order valence-corrected chi connectivity index (χ4v) is 2.60. The molecule has 0 radical (unpaired) electrons. The van der Waals surface area contributed by atoms with Crippen molar-refractivity contribution >= 4 is 28.6 Å². The van der Waals surface area contributed by atoms with E-state index in [1.165, 1.54) is 58.5 Å². The van der Waals surface area contributed by atoms with Crippen molar-refractivity contribution in [2.45, 2.75) is 75.1 Å². The number of hydrogen-bond donors (Lipinski definition) is 0. The third-order valence-corrected chi connectivity index (χ3v) is 4.26. The summed E-state index contributed by atoms with van der Waals surface area (Å²) in [7, 11) is 1.46. The normalized spacial score (nSPS) is 12.4. The lowest BCUT2D eigenvalue weighted by molar-refractivity contribution is -0.140. The molecular weight excluding hydrogens is 327 g/mol. The van der Waals surface area contributed by atoms with Crippen molar-refractivity contribution in [1.82, 2.24) is 0 Å². The van der Waals surface area contributed by atoms with E-state index >= 15 is 0 Å². The number of rotatable bonds is 11. The van der Waals surface area contributed by atoms with Crippen molar-refractivity contribution in [3.8, 4) is 0 Å². The molecule has 0 aliphatic rings. The van der Waals surface area contributed by atoms with E-state index in [9.17, 15) is 4.79 Å². The Kier molecular flexibility index (Phi) is 12.8. The van der Waals surface area contributed by atoms with E-state index in [4.69, 9.17) is 0 Å². The Morgan fingerprint density at radius 1 is 1.06 bits per heavy atom. The summed E-state index contributed by atoms with van der Waals surface area (Å²) in [6.45, 7) is 2.25. The maximum absolute atomic E-state index is 11.0. The number of hydrogen-bond acceptors (Lipinski definition) is 2. The predicted molar refractivity (Wildman–Crippen MR) is 81.7 cm³/mol. The quantitative estimate of drug-likeness (QED) is 0.229. The highest BCUT2D eigenvalue weighted by molar-refractivity contribution is 14.1. The fourth-order valence-electron chi connectivity index (χ4n) is 1.84. The monoisotopic (exact) mass is 354 g/mol. The van der Waals surface area contributed by atoms with Gasteiger partial charge in [0.15, 0.2) is 0 Å². The Morgan fingerprint density at radius 2 is 1.65 bits per heavy atom. The van der Waals surface area contributed by atoms with Crippen LogP contribution >= 0.6 is 22.6 Å². The summed E-state index contributed by atoms with van der Waals surface area (Å²) in [5.74, 6) is -0.0776. The molecule has 0 saturated carbocycles. The molecule has 0 rings (SSSR count). The van der Waals surface area contributed by atoms with Crippen LogP contribution in [-0.4, -0.2) is 17.0 Å². The van der Waals surface area contributed by atoms with E-state index in [0.29, 0.717) is 10.3 Å². The van der Waals surface area contributed by atoms with Gasteiger partial charge in [-0.25, -0.2) is 0 Å². The first-order chi connectivity index (χ1) is 8.20. The van der Waals surface area contributed by atoms with E-state index in [1.54, 1.807) is 0 Å². The van der Waals surface area contributed by atoms with Crippen LogP contribution in [0.4, 0.5) is 0 Å². The summed E-state index contributed by atoms with van der Waals surface area (Å²) >= 11 is 2.46. The minimum Gasteiger partial charge on any atom is -0.469 e. The Hall–Kier alpha value is 0.200. The minimum atomic E-state index is -0.0776. The molecule has 17 heavy (non-hydrogen) atoms. The van der Waals surface area contributed by atoms with Crippen molar-refractivity contribution in [2.75, 3.05) is 7.11 Å². The summed E-state index contributed by atoms with van der Waals surface area (Å²) < 4.78 is 5.27. The second-order valence-corrected chi connectivity index (χ2v) is 6.38. The lowest BCUT2D eigenvalue weighted by Crippen LogP contribution is -2.05. The van der Waals surface area contributed by atoms with Crippen LogP contribution < -0.4 is 0 Å². The highest BCUT2D eigenvalue weighted by atomic mass is 127. The molecule has 0 fully saturated rings. The third kappa shape index (κ3) is 12.4. The topological polar surface area (TPSA) is 26.3 Å². The van der Waals surface area contributed by atoms with Gasteiger partial charge in [0.05, 0.1) is 7.11 Å². The number of alkyl halides is 1. The van der Waals surface area contributed by atoms with E-state index < -0.39 is 0 Å². The Labute approximate surface area is 120 Å². The average Bonchev–Trinajstić information content (AvgIpc) is 2.34. The van der Waals surface area contributed by atoms with Crippen LogP contribution in [0.3, 0.4) is 0 Å². The van der Waals surface area contributed by atoms with Crippen LogP contribution in [0.15, 0.2) is 0 Å². The molecule has 3 heteroatoms. The molecule has 0 aliphatic heterocycles. The van der Waals surface area contributed by atoms with Gasteiger partial charge in [0, 0.05) is 10.3 Å². The molecule has 0 heterocycles. The van der Waals surface area contributed by atoms with Crippen molar-refractivity contribution in [3.05, 3.63) is 0 Å². The van der Waals surface area contributed by atoms with Crippen molar-refractivity contribution in [2.24, 2.45) is 0 Å². The van der Waals surface area contributed by atoms with Crippen LogP contribution in [0.5, 0.6) is 0 Å². The molecule has 0 saturated heterocycles. The van der Waals surface area contributed by atoms with Crippen molar-refractivity contribution in [3.63, 3.8) is 0 Å². The first kappa shape index (κ1) is 17.2. The maximum Gasteiger partial charge on any atom is 0.305 e. The number of carbonyl (C=O) groups is 1. The van der Waals surface area contributed by atoms with Gasteiger partial charge >= 0.3 is 5.97 Å². The molecule has 1 atom stereocenters. The van der Waals surface area contributed by atoms with Gasteiger partial charge in [-0.05, 0) is 12.8 Å². The smallest absolute Gasteiger partial charge is 0.305 e. The summed E-state index contributed by atoms with van der Waals surface area (Å²) in [6.07, 6.45) is 12.3. The third-order valence-electron chi connectivity index (χ3n) is 3.01. The number of ether oxygens (including phenoxy) is 1. The standard InChI is InChI=1S/C14H27IO2/c1-3-4-5-6-7-8-9-10-13(15)11-12-14(16)17-2/h13H,3-12H2,1-2H3. The summed E-state index contributed by atoms with van der Waals surface area (Å²) in [4.78, 5) is 11.0. The molecule has 0 N–H and O–H groups in total. The number of esters is 1. The number of unbranched alkanes of at least 4 members (excludes halogenated alkanes) is 6. The lowest BCUT2D eigenvalue weighted by atomic mass is 10.1. The molecule has 0 amide bonds. The van der Waals surface area contributed by atoms with Crippen LogP contribution in [0, 0.1) is 0 Å². The summed E-state index contributed by atoms with van der Waals surface area (Å²) in [5, 5.41) is 0. The second kappa shape index (κ2) is 12.7. The molecule has 102 valence electrons.